The molecule has 1 fully saturated rings. The van der Waals surface area contributed by atoms with Crippen LogP contribution in [-0.2, 0) is 6.42 Å². The van der Waals surface area contributed by atoms with Crippen molar-refractivity contribution in [3.63, 3.8) is 0 Å². The Morgan fingerprint density at radius 2 is 1.92 bits per heavy atom. The molecule has 0 bridgehead atoms. The van der Waals surface area contributed by atoms with Crippen LogP contribution in [0.4, 0.5) is 0 Å². The number of benzene rings is 2. The summed E-state index contributed by atoms with van der Waals surface area (Å²) in [5, 5.41) is 0.769. The highest BCUT2D eigenvalue weighted by Gasteiger charge is 2.73. The molecule has 0 spiro atoms. The lowest BCUT2D eigenvalue weighted by atomic mass is 9.71. The van der Waals surface area contributed by atoms with Gasteiger partial charge in [-0.15, -0.1) is 0 Å². The first-order valence-corrected chi connectivity index (χ1v) is 9.61. The van der Waals surface area contributed by atoms with E-state index in [1.165, 1.54) is 15.8 Å². The van der Waals surface area contributed by atoms with Crippen LogP contribution in [0, 0.1) is 5.92 Å². The van der Waals surface area contributed by atoms with Crippen molar-refractivity contribution >= 4 is 34.6 Å². The van der Waals surface area contributed by atoms with Gasteiger partial charge in [-0.3, -0.25) is 9.49 Å². The topological polar surface area (TPSA) is 42.4 Å². The van der Waals surface area contributed by atoms with Crippen LogP contribution in [0.25, 0.3) is 11.1 Å². The van der Waals surface area contributed by atoms with Crippen molar-refractivity contribution in [3.05, 3.63) is 80.4 Å². The zero-order chi connectivity index (χ0) is 18.1. The van der Waals surface area contributed by atoms with Gasteiger partial charge in [0.05, 0.1) is 10.0 Å². The Balaban J connectivity index is 1.65. The Bertz CT molecular complexity index is 1030. The minimum absolute atomic E-state index is 0.109. The Morgan fingerprint density at radius 1 is 1.12 bits per heavy atom. The molecule has 5 heteroatoms. The first kappa shape index (κ1) is 16.2. The van der Waals surface area contributed by atoms with E-state index in [4.69, 9.17) is 23.2 Å². The number of fused-ring (bicyclic) bond motifs is 4. The van der Waals surface area contributed by atoms with Crippen LogP contribution in [0.3, 0.4) is 0 Å². The van der Waals surface area contributed by atoms with Crippen molar-refractivity contribution < 1.29 is 9.49 Å². The highest BCUT2D eigenvalue weighted by molar-refractivity contribution is 6.42. The van der Waals surface area contributed by atoms with Crippen LogP contribution < -0.4 is 0 Å². The summed E-state index contributed by atoms with van der Waals surface area (Å²) >= 11 is 12.1. The number of carbonyl (C=O) groups is 1. The second-order valence-electron chi connectivity index (χ2n) is 7.32. The molecule has 26 heavy (non-hydrogen) atoms. The van der Waals surface area contributed by atoms with Crippen LogP contribution >= 0.6 is 23.2 Å². The molecule has 1 saturated heterocycles. The molecule has 0 amide bonds. The Kier molecular flexibility index (Phi) is 3.44. The molecule has 5 rings (SSSR count). The summed E-state index contributed by atoms with van der Waals surface area (Å²) in [6, 6.07) is 13.2. The van der Waals surface area contributed by atoms with E-state index < -0.39 is 5.54 Å². The summed E-state index contributed by atoms with van der Waals surface area (Å²) in [7, 11) is 0. The molecule has 0 radical (unpaired) electrons. The van der Waals surface area contributed by atoms with Crippen molar-refractivity contribution in [1.29, 1.82) is 0 Å². The summed E-state index contributed by atoms with van der Waals surface area (Å²) in [5.41, 5.74) is 14.6. The normalized spacial score (nSPS) is 26.1. The van der Waals surface area contributed by atoms with E-state index in [-0.39, 0.29) is 5.78 Å². The molecule has 2 unspecified atom stereocenters. The quantitative estimate of drug-likeness (QED) is 0.371. The first-order valence-electron chi connectivity index (χ1n) is 8.86. The van der Waals surface area contributed by atoms with Crippen molar-refractivity contribution in [2.75, 3.05) is 0 Å². The van der Waals surface area contributed by atoms with E-state index >= 15 is 0 Å². The van der Waals surface area contributed by atoms with E-state index in [1.54, 1.807) is 18.2 Å². The average molecular weight is 383 g/mol. The SMILES string of the molecule is [N-]=[N+]1C2=C3c4ccccc4CCC3CCC21C(=O)c1ccc(Cl)c(Cl)c1. The molecule has 1 aliphatic heterocycles. The summed E-state index contributed by atoms with van der Waals surface area (Å²) in [5.74, 6) is 0.300. The van der Waals surface area contributed by atoms with Gasteiger partial charge in [0, 0.05) is 17.6 Å². The van der Waals surface area contributed by atoms with Crippen LogP contribution in [0.15, 0.2) is 48.2 Å². The molecule has 3 nitrogen and oxygen atoms in total. The molecule has 1 heterocycles. The Hall–Kier alpha value is -1.97. The van der Waals surface area contributed by atoms with Gasteiger partial charge in [-0.1, -0.05) is 47.5 Å². The van der Waals surface area contributed by atoms with E-state index in [1.807, 2.05) is 12.1 Å². The molecule has 2 atom stereocenters. The van der Waals surface area contributed by atoms with Gasteiger partial charge in [0.1, 0.15) is 0 Å². The summed E-state index contributed by atoms with van der Waals surface area (Å²) < 4.78 is 1.19. The van der Waals surface area contributed by atoms with E-state index in [2.05, 4.69) is 12.1 Å². The van der Waals surface area contributed by atoms with E-state index in [0.29, 0.717) is 27.9 Å². The van der Waals surface area contributed by atoms with Crippen molar-refractivity contribution in [2.24, 2.45) is 5.92 Å². The number of carbonyl (C=O) groups excluding carboxylic acids is 1. The molecule has 0 N–H and O–H groups in total. The molecule has 3 aliphatic rings. The lowest BCUT2D eigenvalue weighted by Gasteiger charge is -2.28. The molecule has 130 valence electrons. The van der Waals surface area contributed by atoms with Gasteiger partial charge >= 0.3 is 5.54 Å². The maximum Gasteiger partial charge on any atom is 0.302 e. The first-order chi connectivity index (χ1) is 12.5. The monoisotopic (exact) mass is 382 g/mol. The van der Waals surface area contributed by atoms with Gasteiger partial charge < -0.3 is 5.53 Å². The van der Waals surface area contributed by atoms with E-state index in [9.17, 15) is 10.3 Å². The van der Waals surface area contributed by atoms with Gasteiger partial charge in [-0.2, -0.15) is 0 Å². The van der Waals surface area contributed by atoms with Gasteiger partial charge in [0.25, 0.3) is 5.70 Å². The van der Waals surface area contributed by atoms with E-state index in [0.717, 1.165) is 30.5 Å². The molecule has 2 aliphatic carbocycles. The fraction of sp³-hybridized carbons (Fsp3) is 0.286. The number of nitrogens with zero attached hydrogens (tertiary/aromatic N) is 2. The maximum absolute atomic E-state index is 13.3. The number of hydrogen-bond acceptors (Lipinski definition) is 1. The molecule has 0 aromatic heterocycles. The second-order valence-corrected chi connectivity index (χ2v) is 8.14. The maximum atomic E-state index is 13.3. The number of aryl methyl sites for hydroxylation is 1. The van der Waals surface area contributed by atoms with Crippen LogP contribution in [0.5, 0.6) is 0 Å². The largest absolute Gasteiger partial charge is 0.499 e. The number of ketones is 1. The Labute approximate surface area is 161 Å². The number of allylic oxidation sites excluding steroid dienone is 1. The molecule has 2 aromatic rings. The number of rotatable bonds is 2. The molecule has 2 aromatic carbocycles. The standard InChI is InChI=1S/C21H16Cl2N2O/c22-16-8-7-14(11-17(16)23)20(26)21-10-9-13-6-5-12-3-1-2-4-15(12)18(13)19(21)25(21)24/h1-4,7-8,11,13H,5-6,9-10H2. The van der Waals surface area contributed by atoms with Crippen LogP contribution in [0.2, 0.25) is 10.0 Å². The fourth-order valence-electron chi connectivity index (χ4n) is 4.71. The average Bonchev–Trinajstić information content (AvgIpc) is 3.29. The number of halogens is 2. The highest BCUT2D eigenvalue weighted by Crippen LogP contribution is 2.59. The molecular formula is C21H16Cl2N2O. The van der Waals surface area contributed by atoms with Crippen molar-refractivity contribution in [3.8, 4) is 0 Å². The number of hydrogen-bond donors (Lipinski definition) is 0. The summed E-state index contributed by atoms with van der Waals surface area (Å²) in [6.45, 7) is 0. The van der Waals surface area contributed by atoms with Gasteiger partial charge in [0.15, 0.2) is 0 Å². The summed E-state index contributed by atoms with van der Waals surface area (Å²) in [4.78, 5) is 13.3. The molecular weight excluding hydrogens is 367 g/mol. The highest BCUT2D eigenvalue weighted by atomic mass is 35.5. The predicted molar refractivity (Wildman–Crippen MR) is 102 cm³/mol. The van der Waals surface area contributed by atoms with Gasteiger partial charge in [-0.05, 0) is 54.5 Å². The predicted octanol–water partition coefficient (Wildman–Crippen LogP) is 5.73. The smallest absolute Gasteiger partial charge is 0.302 e. The van der Waals surface area contributed by atoms with Gasteiger partial charge in [-0.25, -0.2) is 0 Å². The Morgan fingerprint density at radius 3 is 2.73 bits per heavy atom. The zero-order valence-electron chi connectivity index (χ0n) is 14.0. The summed E-state index contributed by atoms with van der Waals surface area (Å²) in [6.07, 6.45) is 3.66. The lowest BCUT2D eigenvalue weighted by molar-refractivity contribution is -0.381. The lowest BCUT2D eigenvalue weighted by Crippen LogP contribution is -2.31. The van der Waals surface area contributed by atoms with Crippen molar-refractivity contribution in [2.45, 2.75) is 31.2 Å². The number of Topliss-reactive ketones (excluding diaryl/α,β-unsaturated/α-hetero) is 1. The second kappa shape index (κ2) is 5.51. The third-order valence-corrected chi connectivity index (χ3v) is 6.80. The zero-order valence-corrected chi connectivity index (χ0v) is 15.5. The third kappa shape index (κ3) is 2.04. The molecule has 0 saturated carbocycles. The van der Waals surface area contributed by atoms with Crippen LogP contribution in [0.1, 0.15) is 40.7 Å². The fourth-order valence-corrected chi connectivity index (χ4v) is 5.01. The van der Waals surface area contributed by atoms with Crippen molar-refractivity contribution in [1.82, 2.24) is 0 Å². The van der Waals surface area contributed by atoms with Gasteiger partial charge in [0.2, 0.25) is 5.78 Å². The third-order valence-electron chi connectivity index (χ3n) is 6.06. The van der Waals surface area contributed by atoms with Crippen LogP contribution in [-0.4, -0.2) is 16.0 Å². The minimum Gasteiger partial charge on any atom is -0.499 e. The minimum atomic E-state index is -0.937.